The largest absolute Gasteiger partial charge is 0.413 e. The van der Waals surface area contributed by atoms with E-state index in [1.165, 1.54) is 11.8 Å². The van der Waals surface area contributed by atoms with Crippen molar-refractivity contribution in [3.8, 4) is 11.1 Å². The van der Waals surface area contributed by atoms with Gasteiger partial charge in [0.25, 0.3) is 5.56 Å². The molecule has 0 aliphatic rings. The van der Waals surface area contributed by atoms with E-state index in [9.17, 15) is 4.79 Å². The predicted octanol–water partition coefficient (Wildman–Crippen LogP) is 2.73. The Balaban J connectivity index is 2.42. The van der Waals surface area contributed by atoms with E-state index in [1.54, 1.807) is 6.07 Å². The highest BCUT2D eigenvalue weighted by Gasteiger charge is 2.09. The second-order valence-electron chi connectivity index (χ2n) is 4.26. The lowest BCUT2D eigenvalue weighted by Crippen LogP contribution is -2.24. The van der Waals surface area contributed by atoms with Crippen LogP contribution in [0, 0.1) is 0 Å². The van der Waals surface area contributed by atoms with E-state index in [0.29, 0.717) is 0 Å². The first-order chi connectivity index (χ1) is 9.31. The maximum Gasteiger partial charge on any atom is 0.284 e. The highest BCUT2D eigenvalue weighted by atomic mass is 16.6. The van der Waals surface area contributed by atoms with Gasteiger partial charge in [-0.1, -0.05) is 48.5 Å². The first-order valence-corrected chi connectivity index (χ1v) is 6.06. The van der Waals surface area contributed by atoms with Crippen LogP contribution in [-0.2, 0) is 0 Å². The molecule has 0 atom stereocenters. The number of hydrogen-bond donors (Lipinski definition) is 0. The van der Waals surface area contributed by atoms with Gasteiger partial charge in [-0.3, -0.25) is 4.79 Å². The van der Waals surface area contributed by atoms with Crippen molar-refractivity contribution in [3.63, 3.8) is 0 Å². The molecule has 0 bridgehead atoms. The standard InChI is InChI=1S/C16H13NO2/c1-19-17-15-10-6-5-9-13(15)14(11-16(17)18)12-7-3-2-4-8-12/h2-11H,1H3. The molecule has 3 rings (SSSR count). The second-order valence-corrected chi connectivity index (χ2v) is 4.26. The van der Waals surface area contributed by atoms with Crippen molar-refractivity contribution >= 4 is 10.9 Å². The summed E-state index contributed by atoms with van der Waals surface area (Å²) in [6, 6.07) is 19.2. The lowest BCUT2D eigenvalue weighted by Gasteiger charge is -2.11. The quantitative estimate of drug-likeness (QED) is 0.701. The van der Waals surface area contributed by atoms with Gasteiger partial charge in [0.15, 0.2) is 0 Å². The van der Waals surface area contributed by atoms with Crippen molar-refractivity contribution in [3.05, 3.63) is 71.0 Å². The lowest BCUT2D eigenvalue weighted by atomic mass is 10.0. The first-order valence-electron chi connectivity index (χ1n) is 6.06. The molecule has 0 aliphatic carbocycles. The number of benzene rings is 2. The fourth-order valence-electron chi connectivity index (χ4n) is 2.30. The molecule has 0 fully saturated rings. The van der Waals surface area contributed by atoms with Crippen LogP contribution < -0.4 is 10.4 Å². The molecular formula is C16H13NO2. The van der Waals surface area contributed by atoms with Crippen LogP contribution in [0.3, 0.4) is 0 Å². The van der Waals surface area contributed by atoms with E-state index in [-0.39, 0.29) is 5.56 Å². The van der Waals surface area contributed by atoms with E-state index in [4.69, 9.17) is 4.84 Å². The third-order valence-corrected chi connectivity index (χ3v) is 3.15. The second kappa shape index (κ2) is 4.61. The molecule has 0 spiro atoms. The van der Waals surface area contributed by atoms with Crippen LogP contribution in [-0.4, -0.2) is 11.8 Å². The summed E-state index contributed by atoms with van der Waals surface area (Å²) >= 11 is 0. The average molecular weight is 251 g/mol. The van der Waals surface area contributed by atoms with Crippen molar-refractivity contribution in [2.24, 2.45) is 0 Å². The summed E-state index contributed by atoms with van der Waals surface area (Å²) in [5.74, 6) is 0. The minimum atomic E-state index is -0.167. The number of hydrogen-bond acceptors (Lipinski definition) is 2. The van der Waals surface area contributed by atoms with E-state index in [0.717, 1.165) is 22.0 Å². The van der Waals surface area contributed by atoms with Gasteiger partial charge in [-0.25, -0.2) is 0 Å². The molecule has 0 saturated carbocycles. The molecule has 1 aromatic heterocycles. The predicted molar refractivity (Wildman–Crippen MR) is 76.1 cm³/mol. The van der Waals surface area contributed by atoms with Gasteiger partial charge in [0.2, 0.25) is 0 Å². The van der Waals surface area contributed by atoms with E-state index in [2.05, 4.69) is 0 Å². The number of nitrogens with zero attached hydrogens (tertiary/aromatic N) is 1. The van der Waals surface area contributed by atoms with Gasteiger partial charge in [-0.15, -0.1) is 4.73 Å². The van der Waals surface area contributed by atoms with E-state index < -0.39 is 0 Å². The van der Waals surface area contributed by atoms with E-state index >= 15 is 0 Å². The topological polar surface area (TPSA) is 31.2 Å². The highest BCUT2D eigenvalue weighted by molar-refractivity contribution is 5.94. The van der Waals surface area contributed by atoms with Crippen molar-refractivity contribution in [1.29, 1.82) is 0 Å². The van der Waals surface area contributed by atoms with Crippen LogP contribution in [0.2, 0.25) is 0 Å². The van der Waals surface area contributed by atoms with Crippen molar-refractivity contribution in [1.82, 2.24) is 4.73 Å². The van der Waals surface area contributed by atoms with E-state index in [1.807, 2.05) is 54.6 Å². The van der Waals surface area contributed by atoms with Crippen LogP contribution in [0.15, 0.2) is 65.5 Å². The summed E-state index contributed by atoms with van der Waals surface area (Å²) in [6.07, 6.45) is 0. The third-order valence-electron chi connectivity index (χ3n) is 3.15. The van der Waals surface area contributed by atoms with Gasteiger partial charge in [-0.2, -0.15) is 0 Å². The zero-order valence-corrected chi connectivity index (χ0v) is 10.5. The first kappa shape index (κ1) is 11.5. The number of pyridine rings is 1. The Kier molecular flexibility index (Phi) is 2.80. The van der Waals surface area contributed by atoms with Crippen LogP contribution in [0.25, 0.3) is 22.0 Å². The smallest absolute Gasteiger partial charge is 0.284 e. The molecule has 0 radical (unpaired) electrons. The minimum absolute atomic E-state index is 0.167. The summed E-state index contributed by atoms with van der Waals surface area (Å²) < 4.78 is 1.31. The number of aromatic nitrogens is 1. The van der Waals surface area contributed by atoms with Gasteiger partial charge >= 0.3 is 0 Å². The van der Waals surface area contributed by atoms with Crippen molar-refractivity contribution in [2.75, 3.05) is 7.11 Å². The molecule has 1 heterocycles. The average Bonchev–Trinajstić information content (AvgIpc) is 2.47. The van der Waals surface area contributed by atoms with Crippen LogP contribution >= 0.6 is 0 Å². The molecule has 0 N–H and O–H groups in total. The molecule has 94 valence electrons. The molecule has 3 aromatic rings. The maximum absolute atomic E-state index is 12.1. The Morgan fingerprint density at radius 1 is 0.947 bits per heavy atom. The maximum atomic E-state index is 12.1. The fourth-order valence-corrected chi connectivity index (χ4v) is 2.30. The van der Waals surface area contributed by atoms with Crippen molar-refractivity contribution < 1.29 is 4.84 Å². The van der Waals surface area contributed by atoms with Crippen LogP contribution in [0.1, 0.15) is 0 Å². The Morgan fingerprint density at radius 3 is 2.37 bits per heavy atom. The summed E-state index contributed by atoms with van der Waals surface area (Å²) in [5.41, 5.74) is 2.56. The number of fused-ring (bicyclic) bond motifs is 1. The Hall–Kier alpha value is -2.55. The molecule has 0 amide bonds. The van der Waals surface area contributed by atoms with Gasteiger partial charge in [0.1, 0.15) is 7.11 Å². The van der Waals surface area contributed by atoms with Crippen molar-refractivity contribution in [2.45, 2.75) is 0 Å². The number of rotatable bonds is 2. The monoisotopic (exact) mass is 251 g/mol. The lowest BCUT2D eigenvalue weighted by molar-refractivity contribution is 0.169. The zero-order valence-electron chi connectivity index (χ0n) is 10.5. The molecule has 3 heteroatoms. The van der Waals surface area contributed by atoms with Gasteiger partial charge in [0.05, 0.1) is 5.52 Å². The fraction of sp³-hybridized carbons (Fsp3) is 0.0625. The summed E-state index contributed by atoms with van der Waals surface area (Å²) in [4.78, 5) is 17.2. The molecule has 3 nitrogen and oxygen atoms in total. The SMILES string of the molecule is COn1c(=O)cc(-c2ccccc2)c2ccccc21. The molecular weight excluding hydrogens is 238 g/mol. The zero-order chi connectivity index (χ0) is 13.2. The minimum Gasteiger partial charge on any atom is -0.413 e. The summed E-state index contributed by atoms with van der Waals surface area (Å²) in [7, 11) is 1.50. The molecule has 0 aliphatic heterocycles. The Morgan fingerprint density at radius 2 is 1.63 bits per heavy atom. The normalized spacial score (nSPS) is 10.6. The Bertz CT molecular complexity index is 776. The third kappa shape index (κ3) is 1.89. The molecule has 0 saturated heterocycles. The summed E-state index contributed by atoms with van der Waals surface area (Å²) in [5, 5.41) is 0.996. The Labute approximate surface area is 110 Å². The molecule has 0 unspecified atom stereocenters. The van der Waals surface area contributed by atoms with Crippen LogP contribution in [0.4, 0.5) is 0 Å². The number of para-hydroxylation sites is 1. The van der Waals surface area contributed by atoms with Gasteiger partial charge in [-0.05, 0) is 17.2 Å². The highest BCUT2D eigenvalue weighted by Crippen LogP contribution is 2.26. The molecule has 19 heavy (non-hydrogen) atoms. The summed E-state index contributed by atoms with van der Waals surface area (Å²) in [6.45, 7) is 0. The van der Waals surface area contributed by atoms with Crippen LogP contribution in [0.5, 0.6) is 0 Å². The van der Waals surface area contributed by atoms with Gasteiger partial charge in [0, 0.05) is 11.5 Å². The molecule has 2 aromatic carbocycles. The van der Waals surface area contributed by atoms with Gasteiger partial charge < -0.3 is 4.84 Å².